The number of aliphatic hydroxyl groups excluding tert-OH is 1. The number of benzene rings is 2. The molecule has 1 aliphatic heterocycles. The molecule has 1 fully saturated rings. The third kappa shape index (κ3) is 3.86. The Hall–Kier alpha value is -3.26. The lowest BCUT2D eigenvalue weighted by Crippen LogP contribution is -2.28. The summed E-state index contributed by atoms with van der Waals surface area (Å²) in [4.78, 5) is 31.6. The molecule has 2 amide bonds. The Morgan fingerprint density at radius 1 is 1.28 bits per heavy atom. The molecule has 32 heavy (non-hydrogen) atoms. The van der Waals surface area contributed by atoms with E-state index in [0.29, 0.717) is 31.0 Å². The van der Waals surface area contributed by atoms with Crippen LogP contribution in [0.1, 0.15) is 42.1 Å². The zero-order chi connectivity index (χ0) is 23.0. The quantitative estimate of drug-likeness (QED) is 0.618. The molecule has 1 atom stereocenters. The number of fused-ring (bicyclic) bond motifs is 1. The average molecular weight is 439 g/mol. The Bertz CT molecular complexity index is 1190. The third-order valence-corrected chi connectivity index (χ3v) is 6.25. The number of nitrogens with one attached hydrogen (secondary N) is 1. The van der Waals surface area contributed by atoms with Crippen LogP contribution in [0.15, 0.2) is 42.5 Å². The van der Waals surface area contributed by atoms with Crippen LogP contribution >= 0.6 is 0 Å². The Balaban J connectivity index is 1.71. The van der Waals surface area contributed by atoms with E-state index in [9.17, 15) is 19.1 Å². The maximum Gasteiger partial charge on any atom is 0.258 e. The maximum atomic E-state index is 13.5. The first kappa shape index (κ1) is 22.0. The number of rotatable bonds is 6. The molecule has 0 bridgehead atoms. The minimum Gasteiger partial charge on any atom is -0.396 e. The van der Waals surface area contributed by atoms with E-state index in [4.69, 9.17) is 0 Å². The number of anilines is 1. The first-order chi connectivity index (χ1) is 15.2. The summed E-state index contributed by atoms with van der Waals surface area (Å²) in [7, 11) is 1.81. The van der Waals surface area contributed by atoms with Gasteiger partial charge in [0.15, 0.2) is 0 Å². The van der Waals surface area contributed by atoms with E-state index in [0.717, 1.165) is 11.1 Å². The molecule has 0 saturated carbocycles. The number of likely N-dealkylation sites (tertiary alicyclic amines) is 1. The van der Waals surface area contributed by atoms with Crippen molar-refractivity contribution < 1.29 is 19.1 Å². The Labute approximate surface area is 185 Å². The minimum absolute atomic E-state index is 0.000248. The van der Waals surface area contributed by atoms with Gasteiger partial charge in [0, 0.05) is 38.2 Å². The van der Waals surface area contributed by atoms with E-state index >= 15 is 0 Å². The van der Waals surface area contributed by atoms with Crippen molar-refractivity contribution in [2.45, 2.75) is 32.7 Å². The number of imidazole rings is 1. The third-order valence-electron chi connectivity index (χ3n) is 6.25. The summed E-state index contributed by atoms with van der Waals surface area (Å²) in [5.74, 6) is -0.487. The second-order valence-electron chi connectivity index (χ2n) is 8.84. The topological polar surface area (TPSA) is 87.5 Å². The summed E-state index contributed by atoms with van der Waals surface area (Å²) < 4.78 is 15.4. The highest BCUT2D eigenvalue weighted by Gasteiger charge is 2.46. The minimum atomic E-state index is -0.518. The highest BCUT2D eigenvalue weighted by molar-refractivity contribution is 6.04. The number of aromatic nitrogens is 2. The molecular formula is C24H27FN4O3. The second-order valence-corrected chi connectivity index (χ2v) is 8.84. The Morgan fingerprint density at radius 3 is 2.72 bits per heavy atom. The number of amides is 2. The van der Waals surface area contributed by atoms with Crippen molar-refractivity contribution >= 4 is 28.8 Å². The lowest BCUT2D eigenvalue weighted by molar-refractivity contribution is -0.133. The van der Waals surface area contributed by atoms with Gasteiger partial charge in [-0.1, -0.05) is 26.0 Å². The number of carbonyl (C=O) groups is 2. The van der Waals surface area contributed by atoms with Gasteiger partial charge < -0.3 is 14.6 Å². The van der Waals surface area contributed by atoms with E-state index in [-0.39, 0.29) is 24.0 Å². The second kappa shape index (κ2) is 8.35. The van der Waals surface area contributed by atoms with Gasteiger partial charge in [-0.05, 0) is 42.3 Å². The van der Waals surface area contributed by atoms with Gasteiger partial charge in [-0.3, -0.25) is 14.9 Å². The molecule has 1 aromatic heterocycles. The van der Waals surface area contributed by atoms with Crippen molar-refractivity contribution in [1.82, 2.24) is 14.5 Å². The Kier molecular flexibility index (Phi) is 5.73. The monoisotopic (exact) mass is 438 g/mol. The molecule has 1 saturated heterocycles. The summed E-state index contributed by atoms with van der Waals surface area (Å²) in [6.45, 7) is 5.00. The van der Waals surface area contributed by atoms with E-state index in [1.807, 2.05) is 43.7 Å². The lowest BCUT2D eigenvalue weighted by atomic mass is 9.77. The van der Waals surface area contributed by atoms with Crippen LogP contribution in [0.2, 0.25) is 0 Å². The van der Waals surface area contributed by atoms with Crippen molar-refractivity contribution in [1.29, 1.82) is 0 Å². The molecule has 0 aliphatic carbocycles. The van der Waals surface area contributed by atoms with Crippen LogP contribution in [0.5, 0.6) is 0 Å². The fraction of sp³-hybridized carbons (Fsp3) is 0.375. The molecule has 8 heteroatoms. The van der Waals surface area contributed by atoms with Gasteiger partial charge in [0.2, 0.25) is 11.9 Å². The molecule has 7 nitrogen and oxygen atoms in total. The normalized spacial score (nSPS) is 17.8. The number of halogens is 1. The summed E-state index contributed by atoms with van der Waals surface area (Å²) >= 11 is 0. The van der Waals surface area contributed by atoms with Gasteiger partial charge in [-0.15, -0.1) is 0 Å². The highest BCUT2D eigenvalue weighted by Crippen LogP contribution is 2.43. The standard InChI is InChI=1S/C24H27FN4O3/c1-24(2)18(14-28(3)22(24)32)15-8-9-20-19(13-15)26-23(29(20)10-5-11-30)27-21(31)16-6-4-7-17(25)12-16/h4,6-9,12-13,18,30H,5,10-11,14H2,1-3H3,(H,26,27,31). The van der Waals surface area contributed by atoms with Crippen molar-refractivity contribution in [2.24, 2.45) is 5.41 Å². The molecule has 1 aliphatic rings. The van der Waals surface area contributed by atoms with Gasteiger partial charge in [0.05, 0.1) is 16.4 Å². The molecular weight excluding hydrogens is 411 g/mol. The summed E-state index contributed by atoms with van der Waals surface area (Å²) in [6, 6.07) is 11.4. The molecule has 0 spiro atoms. The largest absolute Gasteiger partial charge is 0.396 e. The van der Waals surface area contributed by atoms with Crippen molar-refractivity contribution in [3.8, 4) is 0 Å². The van der Waals surface area contributed by atoms with Crippen molar-refractivity contribution in [3.63, 3.8) is 0 Å². The van der Waals surface area contributed by atoms with Crippen LogP contribution in [-0.2, 0) is 11.3 Å². The summed E-state index contributed by atoms with van der Waals surface area (Å²) in [6.07, 6.45) is 0.491. The predicted octanol–water partition coefficient (Wildman–Crippen LogP) is 3.39. The molecule has 2 heterocycles. The zero-order valence-electron chi connectivity index (χ0n) is 18.4. The molecule has 2 N–H and O–H groups in total. The Morgan fingerprint density at radius 2 is 2.06 bits per heavy atom. The van der Waals surface area contributed by atoms with Crippen LogP contribution in [0.3, 0.4) is 0 Å². The van der Waals surface area contributed by atoms with Crippen molar-refractivity contribution in [2.75, 3.05) is 25.5 Å². The van der Waals surface area contributed by atoms with E-state index in [1.165, 1.54) is 24.3 Å². The molecule has 4 rings (SSSR count). The average Bonchev–Trinajstić information content (AvgIpc) is 3.20. The van der Waals surface area contributed by atoms with Crippen LogP contribution in [0.25, 0.3) is 11.0 Å². The molecule has 0 radical (unpaired) electrons. The molecule has 168 valence electrons. The van der Waals surface area contributed by atoms with Gasteiger partial charge in [-0.2, -0.15) is 0 Å². The number of hydrogen-bond acceptors (Lipinski definition) is 4. The number of nitrogens with zero attached hydrogens (tertiary/aromatic N) is 3. The lowest BCUT2D eigenvalue weighted by Gasteiger charge is -2.23. The molecule has 3 aromatic rings. The smallest absolute Gasteiger partial charge is 0.258 e. The van der Waals surface area contributed by atoms with Crippen LogP contribution in [-0.4, -0.2) is 51.6 Å². The van der Waals surface area contributed by atoms with Crippen LogP contribution in [0, 0.1) is 11.2 Å². The number of aryl methyl sites for hydroxylation is 1. The number of likely N-dealkylation sites (N-methyl/N-ethyl adjacent to an activating group) is 1. The number of aliphatic hydroxyl groups is 1. The summed E-state index contributed by atoms with van der Waals surface area (Å²) in [5, 5.41) is 12.1. The summed E-state index contributed by atoms with van der Waals surface area (Å²) in [5.41, 5.74) is 2.19. The first-order valence-corrected chi connectivity index (χ1v) is 10.7. The molecule has 1 unspecified atom stereocenters. The predicted molar refractivity (Wildman–Crippen MR) is 120 cm³/mol. The highest BCUT2D eigenvalue weighted by atomic mass is 19.1. The van der Waals surface area contributed by atoms with E-state index in [1.54, 1.807) is 4.90 Å². The zero-order valence-corrected chi connectivity index (χ0v) is 18.4. The number of hydrogen-bond donors (Lipinski definition) is 2. The maximum absolute atomic E-state index is 13.5. The van der Waals surface area contributed by atoms with Gasteiger partial charge in [-0.25, -0.2) is 9.37 Å². The fourth-order valence-electron chi connectivity index (χ4n) is 4.47. The SMILES string of the molecule is CN1CC(c2ccc3c(c2)nc(NC(=O)c2cccc(F)c2)n3CCCO)C(C)(C)C1=O. The molecule has 2 aromatic carbocycles. The van der Waals surface area contributed by atoms with Crippen molar-refractivity contribution in [3.05, 3.63) is 59.4 Å². The van der Waals surface area contributed by atoms with Gasteiger partial charge >= 0.3 is 0 Å². The first-order valence-electron chi connectivity index (χ1n) is 10.7. The van der Waals surface area contributed by atoms with E-state index < -0.39 is 17.1 Å². The van der Waals surface area contributed by atoms with Gasteiger partial charge in [0.1, 0.15) is 5.82 Å². The van der Waals surface area contributed by atoms with Crippen LogP contribution in [0.4, 0.5) is 10.3 Å². The van der Waals surface area contributed by atoms with E-state index in [2.05, 4.69) is 10.3 Å². The number of carbonyl (C=O) groups excluding carboxylic acids is 2. The van der Waals surface area contributed by atoms with Crippen LogP contribution < -0.4 is 5.32 Å². The fourth-order valence-corrected chi connectivity index (χ4v) is 4.47. The van der Waals surface area contributed by atoms with Gasteiger partial charge in [0.25, 0.3) is 5.91 Å².